The lowest BCUT2D eigenvalue weighted by atomic mass is 9.79. The Morgan fingerprint density at radius 3 is 1.20 bits per heavy atom. The van der Waals surface area contributed by atoms with Crippen molar-refractivity contribution < 1.29 is 65.1 Å². The normalized spacial score (nSPS) is 29.4. The van der Waals surface area contributed by atoms with Crippen molar-refractivity contribution in [2.75, 3.05) is 13.1 Å². The van der Waals surface area contributed by atoms with Crippen molar-refractivity contribution in [3.05, 3.63) is 0 Å². The van der Waals surface area contributed by atoms with Crippen LogP contribution in [0.15, 0.2) is 0 Å². The second kappa shape index (κ2) is 27.2. The van der Waals surface area contributed by atoms with Crippen molar-refractivity contribution in [3.8, 4) is 0 Å². The van der Waals surface area contributed by atoms with Gasteiger partial charge in [-0.3, -0.25) is 33.6 Å². The van der Waals surface area contributed by atoms with Crippen LogP contribution in [0, 0.1) is 57.2 Å². The van der Waals surface area contributed by atoms with Crippen molar-refractivity contribution in [2.24, 2.45) is 68.6 Å². The first-order valence-corrected chi connectivity index (χ1v) is 36.9. The lowest BCUT2D eigenvalue weighted by molar-refractivity contribution is -0.145. The summed E-state index contributed by atoms with van der Waals surface area (Å²) in [4.78, 5) is 123. The van der Waals surface area contributed by atoms with Crippen molar-refractivity contribution in [1.82, 2.24) is 41.7 Å². The summed E-state index contributed by atoms with van der Waals surface area (Å²) in [6.07, 6.45) is 10.1. The molecule has 11 N–H and O–H groups in total. The molecular weight excluding hydrogens is 1220 g/mol. The van der Waals surface area contributed by atoms with Crippen LogP contribution in [0.25, 0.3) is 0 Å². The predicted molar refractivity (Wildman–Crippen MR) is 349 cm³/mol. The molecule has 6 aliphatic carbocycles. The van der Waals surface area contributed by atoms with Gasteiger partial charge in [0.2, 0.25) is 35.3 Å². The molecule has 8 fully saturated rings. The quantitative estimate of drug-likeness (QED) is 0.0749. The van der Waals surface area contributed by atoms with E-state index < -0.39 is 158 Å². The molecular formula is C66H112N10O14S2. The molecule has 0 spiro atoms. The zero-order valence-electron chi connectivity index (χ0n) is 57.7. The summed E-state index contributed by atoms with van der Waals surface area (Å²) in [7, 11) is -7.10. The molecule has 8 rings (SSSR count). The van der Waals surface area contributed by atoms with Crippen LogP contribution in [-0.4, -0.2) is 173 Å². The maximum atomic E-state index is 14.3. The molecule has 2 aliphatic heterocycles. The molecule has 6 saturated carbocycles. The van der Waals surface area contributed by atoms with E-state index >= 15 is 0 Å². The number of aliphatic hydroxyl groups is 1. The Bertz CT molecular complexity index is 3050. The molecule has 0 aromatic heterocycles. The van der Waals surface area contributed by atoms with E-state index in [9.17, 15) is 65.1 Å². The standard InChI is InChI=1S/C33H57N5O7S.C33H55N5O7S/c2*1-31(2,3)26(37-30(43)36-20-14-9-10-15-22(20)46(44,45)32(4,5)6)29(42)38-17-19-23(33(19,7)8)24(38)28(41)35-21(25(39)27(34)40)16-18-12-11-13-18/h18-26,39H,9-17H2,1-8H3,(H2,34,40)(H,35,41)(H2,36,37,43);18-24,26H,9-17H2,1-8H3,(H2,34,40)(H,35,41)(H2,36,37,43)/t19-,20-,21?,22+,23-,24-,25?,26+;19-,20-,21?,22+,23-,24-,26+/m00/s1. The first kappa shape index (κ1) is 74.3. The smallest absolute Gasteiger partial charge is 0.315 e. The van der Waals surface area contributed by atoms with Crippen LogP contribution < -0.4 is 43.4 Å². The minimum atomic E-state index is -3.55. The van der Waals surface area contributed by atoms with Crippen LogP contribution in [-0.2, 0) is 53.2 Å². The molecule has 0 radical (unpaired) electrons. The van der Waals surface area contributed by atoms with Crippen LogP contribution >= 0.6 is 0 Å². The first-order chi connectivity index (χ1) is 42.2. The molecule has 2 saturated heterocycles. The number of carbonyl (C=O) groups excluding carboxylic acids is 9. The SMILES string of the molecule is CC(C)(C)[C@H](NC(=O)N[C@H]1CCCC[C@H]1S(=O)(=O)C(C)(C)C)C(=O)N1C[C@H]2[C@@H]([C@H]1C(=O)NC(CC1CCC1)C(=O)C(N)=O)C2(C)C.CC(C)(C)[C@H](NC(=O)N[C@H]1CCCC[C@H]1S(=O)(=O)C(C)(C)C)C(=O)N1C[C@H]2[C@@H]([C@H]1C(=O)NC(CC1CCC1)C(O)C(N)=O)C2(C)C. The minimum absolute atomic E-state index is 0.0594. The number of piperidine rings is 2. The summed E-state index contributed by atoms with van der Waals surface area (Å²) in [5, 5.41) is 26.2. The molecule has 2 heterocycles. The van der Waals surface area contributed by atoms with Gasteiger partial charge in [0.1, 0.15) is 24.2 Å². The molecule has 15 atom stereocenters. The average molecular weight is 1330 g/mol. The molecule has 0 aromatic rings. The molecule has 8 aliphatic rings. The Labute approximate surface area is 546 Å². The number of amides is 10. The van der Waals surface area contributed by atoms with E-state index in [-0.39, 0.29) is 46.3 Å². The third-order valence-corrected chi connectivity index (χ3v) is 28.5. The Balaban J connectivity index is 0.000000261. The summed E-state index contributed by atoms with van der Waals surface area (Å²) in [6.45, 7) is 29.8. The van der Waals surface area contributed by atoms with E-state index in [0.717, 1.165) is 64.2 Å². The maximum absolute atomic E-state index is 14.3. The number of sulfone groups is 2. The molecule has 0 bridgehead atoms. The third kappa shape index (κ3) is 15.7. The summed E-state index contributed by atoms with van der Waals surface area (Å²) in [6, 6.07) is -8.10. The van der Waals surface area contributed by atoms with Gasteiger partial charge in [-0.1, -0.05) is 133 Å². The lowest BCUT2D eigenvalue weighted by Gasteiger charge is -2.39. The minimum Gasteiger partial charge on any atom is -0.381 e. The van der Waals surface area contributed by atoms with Crippen molar-refractivity contribution >= 4 is 73.0 Å². The topological polar surface area (TPSA) is 373 Å². The zero-order valence-corrected chi connectivity index (χ0v) is 59.3. The summed E-state index contributed by atoms with van der Waals surface area (Å²) < 4.78 is 51.5. The number of ketones is 1. The number of Topliss-reactive ketones (excluding diaryl/α,β-unsaturated/α-hetero) is 1. The van der Waals surface area contributed by atoms with Crippen LogP contribution in [0.1, 0.15) is 214 Å². The molecule has 10 amide bonds. The number of nitrogens with two attached hydrogens (primary N) is 2. The van der Waals surface area contributed by atoms with Crippen molar-refractivity contribution in [1.29, 1.82) is 0 Å². The third-order valence-electron chi connectivity index (χ3n) is 22.3. The maximum Gasteiger partial charge on any atom is 0.315 e. The van der Waals surface area contributed by atoms with E-state index in [4.69, 9.17) is 11.5 Å². The number of likely N-dealkylation sites (tertiary alicyclic amines) is 2. The number of nitrogens with one attached hydrogen (secondary N) is 6. The monoisotopic (exact) mass is 1330 g/mol. The van der Waals surface area contributed by atoms with Gasteiger partial charge in [0.05, 0.1) is 32.1 Å². The predicted octanol–water partition coefficient (Wildman–Crippen LogP) is 4.67. The average Bonchev–Trinajstić information content (AvgIpc) is 1.53. The fourth-order valence-electron chi connectivity index (χ4n) is 15.7. The summed E-state index contributed by atoms with van der Waals surface area (Å²) >= 11 is 0. The van der Waals surface area contributed by atoms with E-state index in [1.54, 1.807) is 41.5 Å². The zero-order chi connectivity index (χ0) is 69.1. The van der Waals surface area contributed by atoms with Gasteiger partial charge in [0.25, 0.3) is 5.91 Å². The Morgan fingerprint density at radius 1 is 0.511 bits per heavy atom. The van der Waals surface area contributed by atoms with Crippen molar-refractivity contribution in [2.45, 2.75) is 288 Å². The molecule has 522 valence electrons. The number of hydrogen-bond donors (Lipinski definition) is 9. The highest BCUT2D eigenvalue weighted by atomic mass is 32.2. The summed E-state index contributed by atoms with van der Waals surface area (Å²) in [5.41, 5.74) is 8.88. The van der Waals surface area contributed by atoms with Gasteiger partial charge < -0.3 is 58.3 Å². The highest BCUT2D eigenvalue weighted by Crippen LogP contribution is 2.66. The highest BCUT2D eigenvalue weighted by molar-refractivity contribution is 7.93. The van der Waals surface area contributed by atoms with Crippen LogP contribution in [0.5, 0.6) is 0 Å². The fraction of sp³-hybridized carbons (Fsp3) is 0.864. The molecule has 26 heteroatoms. The van der Waals surface area contributed by atoms with E-state index in [2.05, 4.69) is 45.7 Å². The van der Waals surface area contributed by atoms with Gasteiger partial charge in [-0.05, 0) is 137 Å². The van der Waals surface area contributed by atoms with Gasteiger partial charge >= 0.3 is 12.1 Å². The Kier molecular flexibility index (Phi) is 22.0. The van der Waals surface area contributed by atoms with E-state index in [1.165, 1.54) is 9.80 Å². The molecule has 92 heavy (non-hydrogen) atoms. The summed E-state index contributed by atoms with van der Waals surface area (Å²) in [5.74, 6) is -4.26. The number of nitrogens with zero attached hydrogens (tertiary/aromatic N) is 2. The lowest BCUT2D eigenvalue weighted by Crippen LogP contribution is -2.63. The molecule has 3 unspecified atom stereocenters. The van der Waals surface area contributed by atoms with Gasteiger partial charge in [-0.25, -0.2) is 26.4 Å². The van der Waals surface area contributed by atoms with E-state index in [0.29, 0.717) is 51.6 Å². The Hall–Kier alpha value is -5.11. The number of fused-ring (bicyclic) bond motifs is 2. The number of primary amides is 2. The number of aliphatic hydroxyl groups excluding tert-OH is 1. The van der Waals surface area contributed by atoms with Crippen LogP contribution in [0.2, 0.25) is 0 Å². The van der Waals surface area contributed by atoms with Crippen molar-refractivity contribution in [3.63, 3.8) is 0 Å². The highest BCUT2D eigenvalue weighted by Gasteiger charge is 2.71. The molecule has 24 nitrogen and oxygen atoms in total. The van der Waals surface area contributed by atoms with Crippen LogP contribution in [0.4, 0.5) is 9.59 Å². The molecule has 0 aromatic carbocycles. The number of rotatable bonds is 20. The van der Waals surface area contributed by atoms with E-state index in [1.807, 2.05) is 55.4 Å². The fourth-order valence-corrected chi connectivity index (χ4v) is 19.7. The van der Waals surface area contributed by atoms with Crippen LogP contribution in [0.3, 0.4) is 0 Å². The van der Waals surface area contributed by atoms with Gasteiger partial charge in [0.15, 0.2) is 25.8 Å². The van der Waals surface area contributed by atoms with Gasteiger partial charge in [-0.2, -0.15) is 0 Å². The number of hydrogen-bond acceptors (Lipinski definition) is 14. The largest absolute Gasteiger partial charge is 0.381 e. The second-order valence-corrected chi connectivity index (χ2v) is 39.4. The van der Waals surface area contributed by atoms with Gasteiger partial charge in [-0.15, -0.1) is 0 Å². The number of urea groups is 2. The number of carbonyl (C=O) groups is 9. The first-order valence-electron chi connectivity index (χ1n) is 33.8. The Morgan fingerprint density at radius 2 is 0.870 bits per heavy atom. The van der Waals surface area contributed by atoms with Gasteiger partial charge in [0, 0.05) is 25.2 Å². The second-order valence-electron chi connectivity index (χ2n) is 33.6.